The first-order valence-electron chi connectivity index (χ1n) is 18.6. The lowest BCUT2D eigenvalue weighted by Gasteiger charge is -2.39. The van der Waals surface area contributed by atoms with Gasteiger partial charge in [-0.1, -0.05) is 141 Å². The Morgan fingerprint density at radius 1 is 0.698 bits per heavy atom. The molecule has 0 saturated carbocycles. The van der Waals surface area contributed by atoms with Gasteiger partial charge in [0.2, 0.25) is 0 Å². The molecule has 2 aliphatic carbocycles. The first kappa shape index (κ1) is 31.5. The Morgan fingerprint density at radius 2 is 1.43 bits per heavy atom. The minimum atomic E-state index is -0.184. The lowest BCUT2D eigenvalue weighted by atomic mass is 9.85. The fraction of sp³-hybridized carbons (Fsp3) is 0.167. The average Bonchev–Trinajstić information content (AvgIpc) is 3.74. The van der Waals surface area contributed by atoms with Crippen LogP contribution in [0.1, 0.15) is 36.9 Å². The van der Waals surface area contributed by atoms with Crippen LogP contribution >= 0.6 is 0 Å². The molecule has 0 N–H and O–H groups in total. The summed E-state index contributed by atoms with van der Waals surface area (Å²) in [6.45, 7) is 4.61. The Kier molecular flexibility index (Phi) is 7.43. The van der Waals surface area contributed by atoms with E-state index in [0.29, 0.717) is 0 Å². The summed E-state index contributed by atoms with van der Waals surface area (Å²) in [5.74, 6) is 3.30. The standard InChI is InChI=1S/C48H40N4O/c1-30-21-25-38(29-40(30)48-50-46(33-15-6-4-7-16-33)49-47(51(48)3)34-17-8-5-9-18-34)52-43-31(2)13-12-20-39(43)45-44(52)41-28-37(24-26-42(41)53-45)36-23-22-32-14-10-11-19-35(32)27-36/h4-31,40,43,47H,1-3H3. The lowest BCUT2D eigenvalue weighted by molar-refractivity contribution is 0.357. The monoisotopic (exact) mass is 688 g/mol. The number of hydrogen-bond donors (Lipinski definition) is 0. The van der Waals surface area contributed by atoms with Gasteiger partial charge in [0.1, 0.15) is 17.6 Å². The van der Waals surface area contributed by atoms with Crippen molar-refractivity contribution in [2.75, 3.05) is 11.9 Å². The predicted molar refractivity (Wildman–Crippen MR) is 219 cm³/mol. The van der Waals surface area contributed by atoms with Crippen molar-refractivity contribution in [3.63, 3.8) is 0 Å². The quantitative estimate of drug-likeness (QED) is 0.181. The van der Waals surface area contributed by atoms with Crippen molar-refractivity contribution < 1.29 is 4.42 Å². The highest BCUT2D eigenvalue weighted by Crippen LogP contribution is 2.53. The van der Waals surface area contributed by atoms with Crippen molar-refractivity contribution in [2.24, 2.45) is 27.7 Å². The molecule has 5 aromatic carbocycles. The summed E-state index contributed by atoms with van der Waals surface area (Å²) in [5, 5.41) is 3.62. The molecule has 0 amide bonds. The van der Waals surface area contributed by atoms with Crippen LogP contribution in [0.3, 0.4) is 0 Å². The number of hydrogen-bond acceptors (Lipinski definition) is 5. The summed E-state index contributed by atoms with van der Waals surface area (Å²) in [7, 11) is 2.14. The van der Waals surface area contributed by atoms with E-state index in [9.17, 15) is 0 Å². The van der Waals surface area contributed by atoms with E-state index in [4.69, 9.17) is 14.4 Å². The van der Waals surface area contributed by atoms with Crippen molar-refractivity contribution in [2.45, 2.75) is 26.1 Å². The van der Waals surface area contributed by atoms with Crippen LogP contribution in [0.4, 0.5) is 5.69 Å². The molecular weight excluding hydrogens is 649 g/mol. The molecule has 0 spiro atoms. The Hall–Kier alpha value is -6.20. The van der Waals surface area contributed by atoms with E-state index in [1.165, 1.54) is 33.2 Å². The van der Waals surface area contributed by atoms with E-state index in [1.807, 2.05) is 6.07 Å². The molecule has 10 rings (SSSR count). The van der Waals surface area contributed by atoms with Crippen LogP contribution in [0.15, 0.2) is 178 Å². The lowest BCUT2D eigenvalue weighted by Crippen LogP contribution is -2.42. The highest BCUT2D eigenvalue weighted by Gasteiger charge is 2.44. The highest BCUT2D eigenvalue weighted by molar-refractivity contribution is 6.09. The van der Waals surface area contributed by atoms with Gasteiger partial charge in [-0.15, -0.1) is 0 Å². The van der Waals surface area contributed by atoms with Gasteiger partial charge >= 0.3 is 0 Å². The first-order valence-corrected chi connectivity index (χ1v) is 18.6. The van der Waals surface area contributed by atoms with Gasteiger partial charge in [-0.3, -0.25) is 0 Å². The van der Waals surface area contributed by atoms with Crippen molar-refractivity contribution in [1.29, 1.82) is 0 Å². The number of furan rings is 1. The van der Waals surface area contributed by atoms with E-state index in [2.05, 4.69) is 182 Å². The van der Waals surface area contributed by atoms with Gasteiger partial charge in [0.25, 0.3) is 0 Å². The first-order chi connectivity index (χ1) is 26.0. The Balaban J connectivity index is 1.10. The van der Waals surface area contributed by atoms with Crippen LogP contribution in [0.5, 0.6) is 0 Å². The molecule has 0 bridgehead atoms. The molecule has 258 valence electrons. The molecule has 5 nitrogen and oxygen atoms in total. The summed E-state index contributed by atoms with van der Waals surface area (Å²) in [6.07, 6.45) is 13.7. The van der Waals surface area contributed by atoms with E-state index < -0.39 is 0 Å². The maximum atomic E-state index is 6.78. The maximum Gasteiger partial charge on any atom is 0.159 e. The summed E-state index contributed by atoms with van der Waals surface area (Å²) < 4.78 is 6.78. The predicted octanol–water partition coefficient (Wildman–Crippen LogP) is 11.2. The van der Waals surface area contributed by atoms with Gasteiger partial charge in [-0.05, 0) is 69.6 Å². The average molecular weight is 689 g/mol. The molecule has 5 heteroatoms. The van der Waals surface area contributed by atoms with Gasteiger partial charge in [0, 0.05) is 35.2 Å². The number of aliphatic imine (C=N–C) groups is 2. The van der Waals surface area contributed by atoms with Gasteiger partial charge < -0.3 is 14.2 Å². The topological polar surface area (TPSA) is 44.3 Å². The van der Waals surface area contributed by atoms with E-state index >= 15 is 0 Å². The van der Waals surface area contributed by atoms with Crippen LogP contribution in [-0.4, -0.2) is 29.7 Å². The molecule has 2 aliphatic heterocycles. The maximum absolute atomic E-state index is 6.78. The van der Waals surface area contributed by atoms with Gasteiger partial charge in [-0.25, -0.2) is 9.98 Å². The van der Waals surface area contributed by atoms with E-state index in [-0.39, 0.29) is 30.0 Å². The zero-order valence-electron chi connectivity index (χ0n) is 30.1. The van der Waals surface area contributed by atoms with Crippen LogP contribution in [0, 0.1) is 17.8 Å². The number of anilines is 1. The number of rotatable bonds is 5. The molecule has 6 aromatic rings. The Labute approximate surface area is 310 Å². The number of allylic oxidation sites excluding steroid dienone is 4. The molecular formula is C48H40N4O. The zero-order valence-corrected chi connectivity index (χ0v) is 30.1. The van der Waals surface area contributed by atoms with Crippen molar-refractivity contribution >= 4 is 44.7 Å². The molecule has 0 fully saturated rings. The van der Waals surface area contributed by atoms with Crippen molar-refractivity contribution in [1.82, 2.24) is 4.90 Å². The fourth-order valence-corrected chi connectivity index (χ4v) is 8.64. The number of amidine groups is 2. The van der Waals surface area contributed by atoms with Gasteiger partial charge in [0.05, 0.1) is 11.7 Å². The molecule has 53 heavy (non-hydrogen) atoms. The largest absolute Gasteiger partial charge is 0.454 e. The second-order valence-electron chi connectivity index (χ2n) is 14.8. The third kappa shape index (κ3) is 5.22. The Morgan fingerprint density at radius 3 is 2.26 bits per heavy atom. The zero-order chi connectivity index (χ0) is 35.6. The molecule has 0 radical (unpaired) electrons. The van der Waals surface area contributed by atoms with Crippen LogP contribution < -0.4 is 4.90 Å². The fourth-order valence-electron chi connectivity index (χ4n) is 8.64. The summed E-state index contributed by atoms with van der Waals surface area (Å²) in [4.78, 5) is 15.4. The molecule has 0 saturated heterocycles. The molecule has 3 heterocycles. The van der Waals surface area contributed by atoms with Crippen LogP contribution in [0.25, 0.3) is 38.4 Å². The molecule has 1 aromatic heterocycles. The van der Waals surface area contributed by atoms with Crippen LogP contribution in [-0.2, 0) is 0 Å². The van der Waals surface area contributed by atoms with E-state index in [1.54, 1.807) is 0 Å². The number of nitrogens with zero attached hydrogens (tertiary/aromatic N) is 4. The third-order valence-electron chi connectivity index (χ3n) is 11.4. The molecule has 5 unspecified atom stereocenters. The Bertz CT molecular complexity index is 2590. The minimum absolute atomic E-state index is 0.0256. The van der Waals surface area contributed by atoms with Gasteiger partial charge in [0.15, 0.2) is 11.6 Å². The number of benzene rings is 5. The van der Waals surface area contributed by atoms with Crippen molar-refractivity contribution in [3.8, 4) is 11.1 Å². The summed E-state index contributed by atoms with van der Waals surface area (Å²) in [6, 6.07) is 43.0. The smallest absolute Gasteiger partial charge is 0.159 e. The van der Waals surface area contributed by atoms with Crippen LogP contribution in [0.2, 0.25) is 0 Å². The molecule has 4 aliphatic rings. The second kappa shape index (κ2) is 12.5. The number of fused-ring (bicyclic) bond motifs is 6. The molecule has 5 atom stereocenters. The van der Waals surface area contributed by atoms with Crippen molar-refractivity contribution in [3.05, 3.63) is 180 Å². The second-order valence-corrected chi connectivity index (χ2v) is 14.8. The normalized spacial score (nSPS) is 23.4. The highest BCUT2D eigenvalue weighted by atomic mass is 16.3. The SMILES string of the molecule is CC1C=CC(N2c3c(oc4ccc(-c5ccc6ccccc6c5)cc34)C3=CC=CC(C)C32)=CC1C1=NC(c2ccccc2)=NC(c2ccccc2)N1C. The van der Waals surface area contributed by atoms with Gasteiger partial charge in [-0.2, -0.15) is 0 Å². The van der Waals surface area contributed by atoms with E-state index in [0.717, 1.165) is 45.2 Å². The minimum Gasteiger partial charge on any atom is -0.454 e. The summed E-state index contributed by atoms with van der Waals surface area (Å²) in [5.41, 5.74) is 9.00. The summed E-state index contributed by atoms with van der Waals surface area (Å²) >= 11 is 0. The third-order valence-corrected chi connectivity index (χ3v) is 11.4.